The zero-order valence-electron chi connectivity index (χ0n) is 15.6. The van der Waals surface area contributed by atoms with Crippen molar-refractivity contribution in [3.63, 3.8) is 0 Å². The van der Waals surface area contributed by atoms with Gasteiger partial charge in [0.2, 0.25) is 0 Å². The molecule has 0 aliphatic carbocycles. The first-order chi connectivity index (χ1) is 14.1. The summed E-state index contributed by atoms with van der Waals surface area (Å²) in [5.74, 6) is 0. The summed E-state index contributed by atoms with van der Waals surface area (Å²) in [4.78, 5) is 12.5. The van der Waals surface area contributed by atoms with Gasteiger partial charge in [-0.05, 0) is 48.5 Å². The second-order valence-electron chi connectivity index (χ2n) is 6.04. The fourth-order valence-corrected chi connectivity index (χ4v) is 6.12. The summed E-state index contributed by atoms with van der Waals surface area (Å²) in [5, 5.41) is 0.568. The van der Waals surface area contributed by atoms with Crippen LogP contribution in [-0.4, -0.2) is 58.2 Å². The van der Waals surface area contributed by atoms with E-state index in [0.29, 0.717) is 8.61 Å². The molecule has 0 unspecified atom stereocenters. The van der Waals surface area contributed by atoms with Gasteiger partial charge < -0.3 is 9.47 Å². The number of benzene rings is 2. The lowest BCUT2D eigenvalue weighted by molar-refractivity contribution is -0.0767. The van der Waals surface area contributed by atoms with E-state index in [1.165, 1.54) is 48.5 Å². The molecule has 0 spiro atoms. The molecule has 13 heteroatoms. The van der Waals surface area contributed by atoms with Crippen molar-refractivity contribution >= 4 is 49.3 Å². The van der Waals surface area contributed by atoms with Gasteiger partial charge in [0.25, 0.3) is 20.0 Å². The van der Waals surface area contributed by atoms with E-state index >= 15 is 0 Å². The van der Waals surface area contributed by atoms with Crippen LogP contribution >= 0.6 is 23.2 Å². The molecule has 1 aliphatic rings. The number of methoxy groups -OCH3 is 2. The molecule has 0 aromatic heterocycles. The van der Waals surface area contributed by atoms with Crippen LogP contribution in [0.15, 0.2) is 58.3 Å². The summed E-state index contributed by atoms with van der Waals surface area (Å²) in [6.45, 7) is 0. The highest BCUT2D eigenvalue weighted by Gasteiger charge is 2.57. The number of halogens is 2. The van der Waals surface area contributed by atoms with Crippen molar-refractivity contribution in [2.75, 3.05) is 14.2 Å². The lowest BCUT2D eigenvalue weighted by atomic mass is 10.4. The maximum Gasteiger partial charge on any atom is 0.352 e. The topological polar surface area (TPSA) is 110 Å². The van der Waals surface area contributed by atoms with E-state index in [0.717, 1.165) is 14.2 Å². The van der Waals surface area contributed by atoms with Gasteiger partial charge >= 0.3 is 6.03 Å². The van der Waals surface area contributed by atoms with Gasteiger partial charge in [0.1, 0.15) is 0 Å². The van der Waals surface area contributed by atoms with Gasteiger partial charge in [-0.15, -0.1) is 0 Å². The molecular formula is C17H16Cl2N2O7S2. The molecule has 1 fully saturated rings. The zero-order valence-corrected chi connectivity index (χ0v) is 18.7. The number of ether oxygens (including phenoxy) is 2. The van der Waals surface area contributed by atoms with Crippen molar-refractivity contribution < 1.29 is 31.1 Å². The maximum absolute atomic E-state index is 13.1. The Balaban J connectivity index is 2.12. The molecule has 0 bridgehead atoms. The lowest BCUT2D eigenvalue weighted by Gasteiger charge is -2.24. The number of rotatable bonds is 6. The minimum absolute atomic E-state index is 0.275. The van der Waals surface area contributed by atoms with Crippen molar-refractivity contribution in [2.24, 2.45) is 0 Å². The predicted octanol–water partition coefficient (Wildman–Crippen LogP) is 2.75. The largest absolute Gasteiger partial charge is 0.356 e. The van der Waals surface area contributed by atoms with Gasteiger partial charge in [-0.3, -0.25) is 0 Å². The summed E-state index contributed by atoms with van der Waals surface area (Å²) in [5.41, 5.74) is 0. The Labute approximate surface area is 183 Å². The highest BCUT2D eigenvalue weighted by Crippen LogP contribution is 2.35. The highest BCUT2D eigenvalue weighted by atomic mass is 35.5. The maximum atomic E-state index is 13.1. The van der Waals surface area contributed by atoms with Gasteiger partial charge in [0, 0.05) is 24.3 Å². The minimum atomic E-state index is -4.50. The first-order valence-corrected chi connectivity index (χ1v) is 11.9. The number of amides is 2. The van der Waals surface area contributed by atoms with Crippen LogP contribution in [0, 0.1) is 0 Å². The second kappa shape index (κ2) is 8.33. The summed E-state index contributed by atoms with van der Waals surface area (Å²) in [6.07, 6.45) is -3.13. The molecule has 2 atom stereocenters. The van der Waals surface area contributed by atoms with Crippen molar-refractivity contribution in [2.45, 2.75) is 22.2 Å². The molecule has 0 N–H and O–H groups in total. The number of hydrogen-bond donors (Lipinski definition) is 0. The van der Waals surface area contributed by atoms with E-state index in [4.69, 9.17) is 32.7 Å². The third-order valence-electron chi connectivity index (χ3n) is 4.31. The van der Waals surface area contributed by atoms with Gasteiger partial charge in [-0.1, -0.05) is 23.2 Å². The average Bonchev–Trinajstić information content (AvgIpc) is 3.01. The van der Waals surface area contributed by atoms with Crippen LogP contribution in [0.2, 0.25) is 10.0 Å². The van der Waals surface area contributed by atoms with Crippen LogP contribution in [0.1, 0.15) is 0 Å². The molecule has 9 nitrogen and oxygen atoms in total. The van der Waals surface area contributed by atoms with Gasteiger partial charge in [0.15, 0.2) is 12.5 Å². The van der Waals surface area contributed by atoms with Gasteiger partial charge in [-0.2, -0.15) is 8.61 Å². The van der Waals surface area contributed by atoms with Gasteiger partial charge in [0.05, 0.1) is 9.79 Å². The van der Waals surface area contributed by atoms with E-state index in [9.17, 15) is 21.6 Å². The first kappa shape index (κ1) is 22.8. The third kappa shape index (κ3) is 3.77. The minimum Gasteiger partial charge on any atom is -0.356 e. The second-order valence-corrected chi connectivity index (χ2v) is 10.5. The molecule has 2 aromatic rings. The van der Waals surface area contributed by atoms with E-state index in [1.807, 2.05) is 0 Å². The molecule has 2 aromatic carbocycles. The van der Waals surface area contributed by atoms with E-state index < -0.39 is 38.5 Å². The van der Waals surface area contributed by atoms with Crippen LogP contribution in [0.4, 0.5) is 4.79 Å². The molecule has 30 heavy (non-hydrogen) atoms. The Hall–Kier alpha value is -1.89. The Morgan fingerprint density at radius 2 is 1.00 bits per heavy atom. The molecule has 1 aliphatic heterocycles. The number of urea groups is 1. The molecule has 1 saturated heterocycles. The monoisotopic (exact) mass is 494 g/mol. The molecule has 3 rings (SSSR count). The van der Waals surface area contributed by atoms with E-state index in [1.54, 1.807) is 0 Å². The fourth-order valence-electron chi connectivity index (χ4n) is 2.89. The Morgan fingerprint density at radius 1 is 0.700 bits per heavy atom. The molecule has 1 heterocycles. The normalized spacial score (nSPS) is 20.1. The van der Waals surface area contributed by atoms with Crippen LogP contribution < -0.4 is 0 Å². The fraction of sp³-hybridized carbons (Fsp3) is 0.235. The molecule has 0 radical (unpaired) electrons. The van der Waals surface area contributed by atoms with Crippen LogP contribution in [0.25, 0.3) is 0 Å². The summed E-state index contributed by atoms with van der Waals surface area (Å²) in [6, 6.07) is 8.72. The number of nitrogens with zero attached hydrogens (tertiary/aromatic N) is 2. The highest BCUT2D eigenvalue weighted by molar-refractivity contribution is 7.91. The van der Waals surface area contributed by atoms with E-state index in [2.05, 4.69) is 0 Å². The molecule has 0 saturated carbocycles. The average molecular weight is 495 g/mol. The van der Waals surface area contributed by atoms with E-state index in [-0.39, 0.29) is 19.8 Å². The predicted molar refractivity (Wildman–Crippen MR) is 108 cm³/mol. The third-order valence-corrected chi connectivity index (χ3v) is 8.31. The number of carbonyl (C=O) groups excluding carboxylic acids is 1. The molecular weight excluding hydrogens is 479 g/mol. The quantitative estimate of drug-likeness (QED) is 0.606. The van der Waals surface area contributed by atoms with Crippen molar-refractivity contribution in [1.82, 2.24) is 8.61 Å². The van der Waals surface area contributed by atoms with Crippen molar-refractivity contribution in [3.8, 4) is 0 Å². The van der Waals surface area contributed by atoms with Gasteiger partial charge in [-0.25, -0.2) is 21.6 Å². The Kier molecular flexibility index (Phi) is 6.33. The number of hydrogen-bond acceptors (Lipinski definition) is 7. The van der Waals surface area contributed by atoms with Crippen molar-refractivity contribution in [3.05, 3.63) is 58.6 Å². The Bertz CT molecular complexity index is 1060. The Morgan fingerprint density at radius 3 is 1.27 bits per heavy atom. The standard InChI is InChI=1S/C17H16Cl2N2O7S2/c1-27-15-16(28-2)21(30(25,26)14-9-5-12(19)6-10-14)17(22)20(15)29(23,24)13-7-3-11(18)4-8-13/h3-10,15-16H,1-2H3/t15-,16-/m1/s1. The van der Waals surface area contributed by atoms with Crippen LogP contribution in [0.3, 0.4) is 0 Å². The summed E-state index contributed by atoms with van der Waals surface area (Å²) in [7, 11) is -6.73. The SMILES string of the molecule is CO[C@@H]1[C@@H](OC)N(S(=O)(=O)c2ccc(Cl)cc2)C(=O)N1S(=O)(=O)c1ccc(Cl)cc1. The lowest BCUT2D eigenvalue weighted by Crippen LogP contribution is -2.43. The molecule has 2 amide bonds. The number of carbonyl (C=O) groups is 1. The summed E-state index contributed by atoms with van der Waals surface area (Å²) < 4.78 is 63.5. The first-order valence-electron chi connectivity index (χ1n) is 8.25. The number of sulfonamides is 2. The van der Waals surface area contributed by atoms with Crippen molar-refractivity contribution in [1.29, 1.82) is 0 Å². The zero-order chi connectivity index (χ0) is 22.3. The smallest absolute Gasteiger partial charge is 0.352 e. The molecule has 162 valence electrons. The summed E-state index contributed by atoms with van der Waals surface area (Å²) >= 11 is 11.6. The van der Waals surface area contributed by atoms with Crippen LogP contribution in [0.5, 0.6) is 0 Å². The van der Waals surface area contributed by atoms with Crippen LogP contribution in [-0.2, 0) is 29.5 Å².